The molecule has 1 fully saturated rings. The van der Waals surface area contributed by atoms with E-state index < -0.39 is 11.2 Å². The van der Waals surface area contributed by atoms with E-state index in [0.717, 1.165) is 0 Å². The molecule has 6 heteroatoms. The van der Waals surface area contributed by atoms with Crippen molar-refractivity contribution in [3.8, 4) is 5.69 Å². The molecule has 22 heavy (non-hydrogen) atoms. The van der Waals surface area contributed by atoms with Crippen molar-refractivity contribution in [1.82, 2.24) is 13.9 Å². The molecule has 1 aromatic heterocycles. The summed E-state index contributed by atoms with van der Waals surface area (Å²) in [6.45, 7) is 4.02. The van der Waals surface area contributed by atoms with Crippen molar-refractivity contribution >= 4 is 0 Å². The Bertz CT molecular complexity index is 896. The van der Waals surface area contributed by atoms with E-state index in [1.807, 2.05) is 44.2 Å². The molecular weight excluding hydrogens is 282 g/mol. The van der Waals surface area contributed by atoms with Gasteiger partial charge in [-0.05, 0) is 26.0 Å². The summed E-state index contributed by atoms with van der Waals surface area (Å²) in [6.07, 6.45) is 3.96. The maximum absolute atomic E-state index is 12.9. The van der Waals surface area contributed by atoms with E-state index in [-0.39, 0.29) is 23.5 Å². The zero-order valence-corrected chi connectivity index (χ0v) is 12.3. The summed E-state index contributed by atoms with van der Waals surface area (Å²) < 4.78 is 10.3. The first-order valence-electron chi connectivity index (χ1n) is 7.39. The van der Waals surface area contributed by atoms with Gasteiger partial charge in [-0.15, -0.1) is 0 Å². The van der Waals surface area contributed by atoms with Crippen molar-refractivity contribution in [2.45, 2.75) is 37.1 Å². The van der Waals surface area contributed by atoms with Gasteiger partial charge in [-0.1, -0.05) is 30.4 Å². The second kappa shape index (κ2) is 3.35. The van der Waals surface area contributed by atoms with Gasteiger partial charge in [0.2, 0.25) is 0 Å². The Morgan fingerprint density at radius 1 is 0.909 bits per heavy atom. The summed E-state index contributed by atoms with van der Waals surface area (Å²) in [6, 6.07) is 8.55. The number of para-hydroxylation sites is 1. The highest BCUT2D eigenvalue weighted by atomic mass is 16.6. The third-order valence-electron chi connectivity index (χ3n) is 5.52. The summed E-state index contributed by atoms with van der Waals surface area (Å²) in [5.74, 6) is 0. The number of hydrogen-bond acceptors (Lipinski definition) is 3. The van der Waals surface area contributed by atoms with Gasteiger partial charge >= 0.3 is 11.4 Å². The summed E-state index contributed by atoms with van der Waals surface area (Å²) >= 11 is 0. The standard InChI is InChI=1S/C16H15N3O3/c1-15-11-8-9-12(16(15,2)22-15)19-14(21)17(13(20)18(11)19)10-6-4-3-5-7-10/h3-9,11-12H,1-2H3/t11-,12+,15+,16-. The molecule has 2 aromatic rings. The molecule has 6 nitrogen and oxygen atoms in total. The van der Waals surface area contributed by atoms with Gasteiger partial charge in [0.25, 0.3) is 0 Å². The van der Waals surface area contributed by atoms with Gasteiger partial charge in [-0.2, -0.15) is 0 Å². The molecule has 0 saturated carbocycles. The number of epoxide rings is 1. The summed E-state index contributed by atoms with van der Waals surface area (Å²) in [7, 11) is 0. The number of ether oxygens (including phenoxy) is 1. The number of aromatic nitrogens is 3. The van der Waals surface area contributed by atoms with Crippen molar-refractivity contribution < 1.29 is 4.74 Å². The molecule has 4 atom stereocenters. The Morgan fingerprint density at radius 2 is 1.41 bits per heavy atom. The lowest BCUT2D eigenvalue weighted by Gasteiger charge is -2.38. The van der Waals surface area contributed by atoms with Gasteiger partial charge in [0.05, 0.1) is 5.69 Å². The topological polar surface area (TPSA) is 61.5 Å². The van der Waals surface area contributed by atoms with E-state index >= 15 is 0 Å². The van der Waals surface area contributed by atoms with Crippen LogP contribution in [0.1, 0.15) is 25.9 Å². The van der Waals surface area contributed by atoms with Crippen LogP contribution in [0.3, 0.4) is 0 Å². The third-order valence-corrected chi connectivity index (χ3v) is 5.52. The minimum atomic E-state index is -0.411. The molecule has 1 aromatic carbocycles. The molecular formula is C16H15N3O3. The second-order valence-corrected chi connectivity index (χ2v) is 6.52. The second-order valence-electron chi connectivity index (χ2n) is 6.52. The number of benzene rings is 1. The molecule has 1 aliphatic carbocycles. The monoisotopic (exact) mass is 297 g/mol. The zero-order chi connectivity index (χ0) is 15.3. The van der Waals surface area contributed by atoms with Crippen molar-refractivity contribution in [3.63, 3.8) is 0 Å². The van der Waals surface area contributed by atoms with Crippen LogP contribution in [-0.2, 0) is 4.74 Å². The van der Waals surface area contributed by atoms with Crippen LogP contribution in [-0.4, -0.2) is 25.1 Å². The van der Waals surface area contributed by atoms with Gasteiger partial charge in [0, 0.05) is 0 Å². The van der Waals surface area contributed by atoms with Crippen LogP contribution < -0.4 is 11.4 Å². The molecule has 4 heterocycles. The SMILES string of the molecule is C[C@@]12O[C@]1(C)[C@@H]1C=C[C@H]2n2c(=O)n(-c3ccccc3)c(=O)n21. The maximum atomic E-state index is 12.9. The van der Waals surface area contributed by atoms with E-state index in [1.165, 1.54) is 4.57 Å². The van der Waals surface area contributed by atoms with E-state index in [2.05, 4.69) is 0 Å². The molecule has 3 aliphatic heterocycles. The van der Waals surface area contributed by atoms with Gasteiger partial charge in [-0.3, -0.25) is 0 Å². The van der Waals surface area contributed by atoms with Crippen molar-refractivity contribution in [2.24, 2.45) is 0 Å². The average molecular weight is 297 g/mol. The van der Waals surface area contributed by atoms with E-state index in [1.54, 1.807) is 21.5 Å². The fourth-order valence-corrected chi connectivity index (χ4v) is 4.11. The maximum Gasteiger partial charge on any atom is 0.352 e. The molecule has 4 aliphatic rings. The smallest absolute Gasteiger partial charge is 0.352 e. The normalized spacial score (nSPS) is 37.0. The minimum absolute atomic E-state index is 0.243. The van der Waals surface area contributed by atoms with E-state index in [9.17, 15) is 9.59 Å². The zero-order valence-electron chi connectivity index (χ0n) is 12.3. The van der Waals surface area contributed by atoms with Gasteiger partial charge in [0.15, 0.2) is 0 Å². The van der Waals surface area contributed by atoms with Crippen LogP contribution in [0.5, 0.6) is 0 Å². The van der Waals surface area contributed by atoms with Crippen LogP contribution >= 0.6 is 0 Å². The van der Waals surface area contributed by atoms with Crippen LogP contribution in [0.15, 0.2) is 52.1 Å². The average Bonchev–Trinajstić information content (AvgIpc) is 3.04. The van der Waals surface area contributed by atoms with Crippen LogP contribution in [0, 0.1) is 0 Å². The minimum Gasteiger partial charge on any atom is -0.358 e. The molecule has 112 valence electrons. The largest absolute Gasteiger partial charge is 0.358 e. The molecule has 2 bridgehead atoms. The first-order valence-corrected chi connectivity index (χ1v) is 7.39. The lowest BCUT2D eigenvalue weighted by atomic mass is 9.77. The molecule has 0 unspecified atom stereocenters. The van der Waals surface area contributed by atoms with Gasteiger partial charge < -0.3 is 4.74 Å². The molecule has 0 spiro atoms. The lowest BCUT2D eigenvalue weighted by molar-refractivity contribution is 0.210. The Hall–Kier alpha value is -2.34. The van der Waals surface area contributed by atoms with Crippen LogP contribution in [0.25, 0.3) is 5.69 Å². The fraction of sp³-hybridized carbons (Fsp3) is 0.375. The number of rotatable bonds is 1. The molecule has 0 amide bonds. The highest BCUT2D eigenvalue weighted by Gasteiger charge is 2.76. The Labute approximate surface area is 125 Å². The van der Waals surface area contributed by atoms with Gasteiger partial charge in [0.1, 0.15) is 23.3 Å². The predicted molar refractivity (Wildman–Crippen MR) is 79.4 cm³/mol. The Kier molecular flexibility index (Phi) is 1.86. The van der Waals surface area contributed by atoms with Crippen molar-refractivity contribution in [2.75, 3.05) is 0 Å². The van der Waals surface area contributed by atoms with E-state index in [0.29, 0.717) is 5.69 Å². The highest BCUT2D eigenvalue weighted by Crippen LogP contribution is 2.64. The van der Waals surface area contributed by atoms with Crippen LogP contribution in [0.4, 0.5) is 0 Å². The molecule has 1 saturated heterocycles. The highest BCUT2D eigenvalue weighted by molar-refractivity contribution is 5.36. The third kappa shape index (κ3) is 1.07. The van der Waals surface area contributed by atoms with Crippen LogP contribution in [0.2, 0.25) is 0 Å². The lowest BCUT2D eigenvalue weighted by Crippen LogP contribution is -2.52. The first-order chi connectivity index (χ1) is 10.5. The molecule has 0 radical (unpaired) electrons. The number of nitrogens with zero attached hydrogens (tertiary/aromatic N) is 3. The van der Waals surface area contributed by atoms with Crippen molar-refractivity contribution in [3.05, 3.63) is 63.5 Å². The summed E-state index contributed by atoms with van der Waals surface area (Å²) in [5.41, 5.74) is -0.850. The van der Waals surface area contributed by atoms with Crippen molar-refractivity contribution in [1.29, 1.82) is 0 Å². The summed E-state index contributed by atoms with van der Waals surface area (Å²) in [5, 5.41) is 0. The fourth-order valence-electron chi connectivity index (χ4n) is 4.11. The quantitative estimate of drug-likeness (QED) is 0.583. The Balaban J connectivity index is 1.85. The first kappa shape index (κ1) is 12.2. The van der Waals surface area contributed by atoms with E-state index in [4.69, 9.17) is 4.74 Å². The predicted octanol–water partition coefficient (Wildman–Crippen LogP) is 1.01. The molecule has 6 rings (SSSR count). The Morgan fingerprint density at radius 3 is 1.91 bits per heavy atom. The van der Waals surface area contributed by atoms with Gasteiger partial charge in [-0.25, -0.2) is 23.5 Å². The molecule has 0 N–H and O–H groups in total. The number of hydrogen-bond donors (Lipinski definition) is 0. The summed E-state index contributed by atoms with van der Waals surface area (Å²) in [4.78, 5) is 25.7.